The zero-order valence-corrected chi connectivity index (χ0v) is 12.8. The van der Waals surface area contributed by atoms with Gasteiger partial charge in [0, 0.05) is 5.54 Å². The highest BCUT2D eigenvalue weighted by Crippen LogP contribution is 2.49. The molecule has 0 atom stereocenters. The maximum Gasteiger partial charge on any atom is 0.349 e. The largest absolute Gasteiger partial charge is 0.349 e. The van der Waals surface area contributed by atoms with Crippen LogP contribution in [0.25, 0.3) is 0 Å². The molecule has 0 aliphatic carbocycles. The van der Waals surface area contributed by atoms with E-state index in [4.69, 9.17) is 9.05 Å². The van der Waals surface area contributed by atoms with Crippen molar-refractivity contribution in [3.63, 3.8) is 0 Å². The van der Waals surface area contributed by atoms with E-state index in [2.05, 4.69) is 6.58 Å². The third kappa shape index (κ3) is 5.34. The smallest absolute Gasteiger partial charge is 0.322 e. The van der Waals surface area contributed by atoms with E-state index in [0.717, 1.165) is 0 Å². The van der Waals surface area contributed by atoms with Gasteiger partial charge in [0.05, 0.1) is 13.2 Å². The molecule has 0 heterocycles. The molecule has 0 rings (SSSR count). The predicted molar refractivity (Wildman–Crippen MR) is 72.5 cm³/mol. The van der Waals surface area contributed by atoms with E-state index < -0.39 is 13.1 Å². The fraction of sp³-hybridized carbons (Fsp3) is 0.750. The molecule has 0 aromatic heterocycles. The highest BCUT2D eigenvalue weighted by Gasteiger charge is 2.34. The first kappa shape index (κ1) is 17.4. The number of amides is 1. The van der Waals surface area contributed by atoms with Gasteiger partial charge in [0.25, 0.3) is 0 Å². The molecule has 106 valence electrons. The van der Waals surface area contributed by atoms with E-state index in [0.29, 0.717) is 0 Å². The number of hydrogen-bond donors (Lipinski definition) is 0. The van der Waals surface area contributed by atoms with Gasteiger partial charge in [0.2, 0.25) is 5.91 Å². The molecule has 1 amide bonds. The Balaban J connectivity index is 5.10. The van der Waals surface area contributed by atoms with Crippen LogP contribution in [-0.4, -0.2) is 35.8 Å². The van der Waals surface area contributed by atoms with Crippen molar-refractivity contribution in [2.24, 2.45) is 0 Å². The van der Waals surface area contributed by atoms with Gasteiger partial charge in [-0.25, -0.2) is 0 Å². The molecule has 0 aromatic carbocycles. The Labute approximate surface area is 110 Å². The van der Waals surface area contributed by atoms with Crippen LogP contribution in [0.1, 0.15) is 34.6 Å². The summed E-state index contributed by atoms with van der Waals surface area (Å²) in [4.78, 5) is 13.3. The summed E-state index contributed by atoms with van der Waals surface area (Å²) in [5.74, 6) is -0.290. The molecule has 0 N–H and O–H groups in total. The third-order valence-corrected chi connectivity index (χ3v) is 4.15. The average Bonchev–Trinajstić information content (AvgIpc) is 2.24. The molecule has 5 nitrogen and oxygen atoms in total. The Hall–Kier alpha value is -0.640. The van der Waals surface area contributed by atoms with Crippen LogP contribution in [0.3, 0.4) is 0 Å². The molecular weight excluding hydrogens is 253 g/mol. The van der Waals surface area contributed by atoms with Gasteiger partial charge in [0.15, 0.2) is 0 Å². The zero-order chi connectivity index (χ0) is 14.4. The summed E-state index contributed by atoms with van der Waals surface area (Å²) in [5.41, 5.74) is -0.477. The van der Waals surface area contributed by atoms with Gasteiger partial charge >= 0.3 is 7.60 Å². The van der Waals surface area contributed by atoms with Crippen molar-refractivity contribution in [2.75, 3.05) is 19.5 Å². The van der Waals surface area contributed by atoms with E-state index in [9.17, 15) is 9.36 Å². The van der Waals surface area contributed by atoms with Gasteiger partial charge in [0.1, 0.15) is 6.29 Å². The summed E-state index contributed by atoms with van der Waals surface area (Å²) in [6.45, 7) is 13.1. The second-order valence-corrected chi connectivity index (χ2v) is 6.75. The molecule has 18 heavy (non-hydrogen) atoms. The number of carbonyl (C=O) groups excluding carboxylic acids is 1. The maximum absolute atomic E-state index is 12.4. The van der Waals surface area contributed by atoms with E-state index in [1.807, 2.05) is 20.8 Å². The van der Waals surface area contributed by atoms with Crippen molar-refractivity contribution < 1.29 is 18.4 Å². The van der Waals surface area contributed by atoms with Crippen LogP contribution < -0.4 is 0 Å². The Bertz CT molecular complexity index is 325. The van der Waals surface area contributed by atoms with Crippen molar-refractivity contribution >= 4 is 13.5 Å². The second-order valence-electron chi connectivity index (χ2n) is 4.73. The van der Waals surface area contributed by atoms with Gasteiger partial charge in [-0.15, -0.1) is 0 Å². The molecular formula is C12H24NO4P. The number of rotatable bonds is 7. The van der Waals surface area contributed by atoms with Gasteiger partial charge in [-0.2, -0.15) is 0 Å². The van der Waals surface area contributed by atoms with E-state index in [1.54, 1.807) is 13.8 Å². The molecule has 0 spiro atoms. The zero-order valence-electron chi connectivity index (χ0n) is 11.9. The van der Waals surface area contributed by atoms with E-state index in [1.165, 1.54) is 11.0 Å². The molecule has 0 aliphatic heterocycles. The number of hydrogen-bond acceptors (Lipinski definition) is 4. The van der Waals surface area contributed by atoms with Crippen LogP contribution in [0, 0.1) is 0 Å². The monoisotopic (exact) mass is 277 g/mol. The Morgan fingerprint density at radius 1 is 1.28 bits per heavy atom. The fourth-order valence-electron chi connectivity index (χ4n) is 1.41. The topological polar surface area (TPSA) is 55.8 Å². The molecule has 0 saturated carbocycles. The Morgan fingerprint density at radius 2 is 1.72 bits per heavy atom. The first-order chi connectivity index (χ1) is 8.20. The lowest BCUT2D eigenvalue weighted by atomic mass is 10.1. The summed E-state index contributed by atoms with van der Waals surface area (Å²) in [6.07, 6.45) is 1.14. The van der Waals surface area contributed by atoms with Crippen molar-refractivity contribution in [2.45, 2.75) is 40.2 Å². The normalized spacial score (nSPS) is 12.3. The molecule has 0 aliphatic rings. The molecule has 0 aromatic rings. The maximum atomic E-state index is 12.4. The van der Waals surface area contributed by atoms with Gasteiger partial charge in [-0.3, -0.25) is 9.36 Å². The number of nitrogens with zero attached hydrogens (tertiary/aromatic N) is 1. The molecule has 0 fully saturated rings. The summed E-state index contributed by atoms with van der Waals surface area (Å²) < 4.78 is 22.8. The minimum absolute atomic E-state index is 0.0664. The van der Waals surface area contributed by atoms with Crippen LogP contribution in [0.2, 0.25) is 0 Å². The van der Waals surface area contributed by atoms with Gasteiger partial charge < -0.3 is 13.9 Å². The van der Waals surface area contributed by atoms with Crippen LogP contribution in [0.15, 0.2) is 12.7 Å². The lowest BCUT2D eigenvalue weighted by Gasteiger charge is -2.36. The SMILES string of the molecule is C=CC(=O)N(CP(=O)(OCC)OCC)C(C)(C)C. The highest BCUT2D eigenvalue weighted by molar-refractivity contribution is 7.53. The lowest BCUT2D eigenvalue weighted by molar-refractivity contribution is -0.129. The van der Waals surface area contributed by atoms with Crippen molar-refractivity contribution in [3.8, 4) is 0 Å². The Kier molecular flexibility index (Phi) is 6.82. The van der Waals surface area contributed by atoms with Crippen molar-refractivity contribution in [3.05, 3.63) is 12.7 Å². The quantitative estimate of drug-likeness (QED) is 0.530. The van der Waals surface area contributed by atoms with Gasteiger partial charge in [-0.05, 0) is 40.7 Å². The Morgan fingerprint density at radius 3 is 2.00 bits per heavy atom. The lowest BCUT2D eigenvalue weighted by Crippen LogP contribution is -2.45. The molecule has 0 unspecified atom stereocenters. The van der Waals surface area contributed by atoms with E-state index in [-0.39, 0.29) is 25.4 Å². The van der Waals surface area contributed by atoms with Crippen LogP contribution in [0.4, 0.5) is 0 Å². The highest BCUT2D eigenvalue weighted by atomic mass is 31.2. The summed E-state index contributed by atoms with van der Waals surface area (Å²) in [5, 5.41) is 0. The predicted octanol–water partition coefficient (Wildman–Crippen LogP) is 3.02. The summed E-state index contributed by atoms with van der Waals surface area (Å²) >= 11 is 0. The van der Waals surface area contributed by atoms with Crippen LogP contribution in [0.5, 0.6) is 0 Å². The first-order valence-electron chi connectivity index (χ1n) is 6.02. The minimum Gasteiger partial charge on any atom is -0.322 e. The minimum atomic E-state index is -3.28. The number of carbonyl (C=O) groups is 1. The molecule has 0 saturated heterocycles. The van der Waals surface area contributed by atoms with Crippen LogP contribution in [-0.2, 0) is 18.4 Å². The molecule has 6 heteroatoms. The standard InChI is InChI=1S/C12H24NO4P/c1-7-11(14)13(12(4,5)6)10-18(15,16-8-2)17-9-3/h7H,1,8-10H2,2-6H3. The van der Waals surface area contributed by atoms with Crippen LogP contribution >= 0.6 is 7.60 Å². The van der Waals surface area contributed by atoms with E-state index >= 15 is 0 Å². The van der Waals surface area contributed by atoms with Crippen molar-refractivity contribution in [1.29, 1.82) is 0 Å². The third-order valence-electron chi connectivity index (χ3n) is 2.22. The molecule has 0 bridgehead atoms. The van der Waals surface area contributed by atoms with Gasteiger partial charge in [-0.1, -0.05) is 6.58 Å². The summed E-state index contributed by atoms with van der Waals surface area (Å²) in [7, 11) is -3.28. The van der Waals surface area contributed by atoms with Crippen molar-refractivity contribution in [1.82, 2.24) is 4.90 Å². The molecule has 0 radical (unpaired) electrons. The fourth-order valence-corrected chi connectivity index (χ4v) is 3.34. The first-order valence-corrected chi connectivity index (χ1v) is 7.75. The summed E-state index contributed by atoms with van der Waals surface area (Å²) in [6, 6.07) is 0. The second kappa shape index (κ2) is 7.07. The average molecular weight is 277 g/mol.